The molecule has 1 atom stereocenters. The van der Waals surface area contributed by atoms with Gasteiger partial charge in [-0.05, 0) is 18.5 Å². The van der Waals surface area contributed by atoms with Gasteiger partial charge in [0.15, 0.2) is 5.82 Å². The lowest BCUT2D eigenvalue weighted by atomic mass is 9.87. The number of nitrogens with two attached hydrogens (primary N) is 1. The Labute approximate surface area is 110 Å². The minimum atomic E-state index is -0.216. The molecule has 0 saturated heterocycles. The molecule has 1 rings (SSSR count). The summed E-state index contributed by atoms with van der Waals surface area (Å²) in [6, 6.07) is -0.216. The van der Waals surface area contributed by atoms with E-state index in [1.807, 2.05) is 0 Å². The number of nitrogens with zero attached hydrogens (tertiary/aromatic N) is 3. The highest BCUT2D eigenvalue weighted by atomic mass is 16.5. The maximum Gasteiger partial charge on any atom is 0.244 e. The van der Waals surface area contributed by atoms with E-state index in [-0.39, 0.29) is 11.5 Å². The number of aromatic nitrogens is 2. The smallest absolute Gasteiger partial charge is 0.244 e. The van der Waals surface area contributed by atoms with Crippen molar-refractivity contribution in [2.24, 2.45) is 11.1 Å². The Bertz CT molecular complexity index is 352. The SMILES string of the molecule is CCN(CC)CCc1noc([C@@H](N)C(C)(C)C)n1. The standard InChI is InChI=1S/C13H26N4O/c1-6-17(7-2)9-8-10-15-12(18-16-10)11(14)13(3,4)5/h11H,6-9,14H2,1-5H3/t11-/m1/s1. The molecule has 2 N–H and O–H groups in total. The van der Waals surface area contributed by atoms with Gasteiger partial charge in [-0.3, -0.25) is 0 Å². The Morgan fingerprint density at radius 3 is 2.39 bits per heavy atom. The molecule has 0 unspecified atom stereocenters. The van der Waals surface area contributed by atoms with E-state index in [0.29, 0.717) is 5.89 Å². The van der Waals surface area contributed by atoms with Crippen molar-refractivity contribution < 1.29 is 4.52 Å². The van der Waals surface area contributed by atoms with E-state index in [4.69, 9.17) is 10.3 Å². The summed E-state index contributed by atoms with van der Waals surface area (Å²) in [7, 11) is 0. The van der Waals surface area contributed by atoms with Crippen molar-refractivity contribution in [2.75, 3.05) is 19.6 Å². The predicted octanol–water partition coefficient (Wildman–Crippen LogP) is 2.00. The largest absolute Gasteiger partial charge is 0.338 e. The zero-order chi connectivity index (χ0) is 13.8. The van der Waals surface area contributed by atoms with Crippen molar-refractivity contribution in [3.05, 3.63) is 11.7 Å². The number of rotatable bonds is 6. The monoisotopic (exact) mass is 254 g/mol. The third-order valence-corrected chi connectivity index (χ3v) is 3.23. The molecule has 5 heteroatoms. The van der Waals surface area contributed by atoms with Crippen LogP contribution >= 0.6 is 0 Å². The molecule has 0 aliphatic carbocycles. The van der Waals surface area contributed by atoms with Gasteiger partial charge in [0.1, 0.15) is 0 Å². The summed E-state index contributed by atoms with van der Waals surface area (Å²) in [4.78, 5) is 6.72. The second-order valence-electron chi connectivity index (χ2n) is 5.67. The van der Waals surface area contributed by atoms with Gasteiger partial charge in [0.2, 0.25) is 5.89 Å². The lowest BCUT2D eigenvalue weighted by molar-refractivity contribution is 0.251. The van der Waals surface area contributed by atoms with Gasteiger partial charge >= 0.3 is 0 Å². The summed E-state index contributed by atoms with van der Waals surface area (Å²) >= 11 is 0. The van der Waals surface area contributed by atoms with E-state index in [2.05, 4.69) is 49.7 Å². The van der Waals surface area contributed by atoms with Crippen molar-refractivity contribution in [2.45, 2.75) is 47.1 Å². The van der Waals surface area contributed by atoms with E-state index in [1.54, 1.807) is 0 Å². The fourth-order valence-corrected chi connectivity index (χ4v) is 1.66. The van der Waals surface area contributed by atoms with E-state index in [1.165, 1.54) is 0 Å². The summed E-state index contributed by atoms with van der Waals surface area (Å²) in [6.45, 7) is 13.6. The topological polar surface area (TPSA) is 68.2 Å². The molecule has 18 heavy (non-hydrogen) atoms. The molecule has 104 valence electrons. The lowest BCUT2D eigenvalue weighted by Gasteiger charge is -2.23. The van der Waals surface area contributed by atoms with Crippen molar-refractivity contribution in [1.82, 2.24) is 15.0 Å². The van der Waals surface area contributed by atoms with Crippen LogP contribution in [0, 0.1) is 5.41 Å². The molecule has 0 spiro atoms. The number of hydrogen-bond donors (Lipinski definition) is 1. The molecule has 0 radical (unpaired) electrons. The van der Waals surface area contributed by atoms with Gasteiger partial charge in [-0.2, -0.15) is 4.98 Å². The van der Waals surface area contributed by atoms with Gasteiger partial charge in [-0.15, -0.1) is 0 Å². The maximum absolute atomic E-state index is 6.09. The Morgan fingerprint density at radius 1 is 1.28 bits per heavy atom. The van der Waals surface area contributed by atoms with Crippen LogP contribution in [0.5, 0.6) is 0 Å². The molecular weight excluding hydrogens is 228 g/mol. The first-order chi connectivity index (χ1) is 8.38. The Morgan fingerprint density at radius 2 is 1.89 bits per heavy atom. The molecule has 0 fully saturated rings. The van der Waals surface area contributed by atoms with Crippen LogP contribution in [0.25, 0.3) is 0 Å². The Balaban J connectivity index is 2.58. The highest BCUT2D eigenvalue weighted by Crippen LogP contribution is 2.29. The zero-order valence-electron chi connectivity index (χ0n) is 12.2. The molecule has 1 aromatic heterocycles. The van der Waals surface area contributed by atoms with E-state index in [9.17, 15) is 0 Å². The minimum Gasteiger partial charge on any atom is -0.338 e. The highest BCUT2D eigenvalue weighted by Gasteiger charge is 2.27. The summed E-state index contributed by atoms with van der Waals surface area (Å²) in [5.41, 5.74) is 6.02. The molecular formula is C13H26N4O. The molecule has 1 heterocycles. The van der Waals surface area contributed by atoms with E-state index < -0.39 is 0 Å². The third-order valence-electron chi connectivity index (χ3n) is 3.23. The van der Waals surface area contributed by atoms with Crippen LogP contribution in [0.3, 0.4) is 0 Å². The van der Waals surface area contributed by atoms with Crippen molar-refractivity contribution >= 4 is 0 Å². The van der Waals surface area contributed by atoms with Crippen LogP contribution in [0.2, 0.25) is 0 Å². The first-order valence-corrected chi connectivity index (χ1v) is 6.68. The highest BCUT2D eigenvalue weighted by molar-refractivity contribution is 4.96. The van der Waals surface area contributed by atoms with Crippen LogP contribution in [0.4, 0.5) is 0 Å². The van der Waals surface area contributed by atoms with Gasteiger partial charge < -0.3 is 15.2 Å². The minimum absolute atomic E-state index is 0.0668. The zero-order valence-corrected chi connectivity index (χ0v) is 12.2. The molecule has 0 aromatic carbocycles. The van der Waals surface area contributed by atoms with Crippen molar-refractivity contribution in [1.29, 1.82) is 0 Å². The average molecular weight is 254 g/mol. The molecule has 1 aromatic rings. The normalized spacial score (nSPS) is 14.2. The van der Waals surface area contributed by atoms with Crippen LogP contribution in [-0.2, 0) is 6.42 Å². The van der Waals surface area contributed by atoms with E-state index >= 15 is 0 Å². The maximum atomic E-state index is 6.09. The summed E-state index contributed by atoms with van der Waals surface area (Å²) in [5.74, 6) is 1.29. The summed E-state index contributed by atoms with van der Waals surface area (Å²) in [6.07, 6.45) is 0.808. The fourth-order valence-electron chi connectivity index (χ4n) is 1.66. The van der Waals surface area contributed by atoms with Crippen LogP contribution < -0.4 is 5.73 Å². The van der Waals surface area contributed by atoms with Gasteiger partial charge in [0, 0.05) is 13.0 Å². The van der Waals surface area contributed by atoms with Gasteiger partial charge in [0.05, 0.1) is 6.04 Å². The molecule has 0 bridgehead atoms. The van der Waals surface area contributed by atoms with Gasteiger partial charge in [0.25, 0.3) is 0 Å². The quantitative estimate of drug-likeness (QED) is 0.841. The lowest BCUT2D eigenvalue weighted by Crippen LogP contribution is -2.27. The van der Waals surface area contributed by atoms with Crippen molar-refractivity contribution in [3.8, 4) is 0 Å². The summed E-state index contributed by atoms with van der Waals surface area (Å²) in [5, 5.41) is 4.00. The molecule has 0 amide bonds. The van der Waals surface area contributed by atoms with E-state index in [0.717, 1.165) is 31.9 Å². The second kappa shape index (κ2) is 6.29. The number of hydrogen-bond acceptors (Lipinski definition) is 5. The first-order valence-electron chi connectivity index (χ1n) is 6.68. The molecule has 0 aliphatic rings. The number of likely N-dealkylation sites (N-methyl/N-ethyl adjacent to an activating group) is 1. The van der Waals surface area contributed by atoms with Crippen LogP contribution in [0.1, 0.15) is 52.4 Å². The van der Waals surface area contributed by atoms with Gasteiger partial charge in [-0.25, -0.2) is 0 Å². The molecule has 5 nitrogen and oxygen atoms in total. The van der Waals surface area contributed by atoms with Gasteiger partial charge in [-0.1, -0.05) is 39.8 Å². The first kappa shape index (κ1) is 15.1. The van der Waals surface area contributed by atoms with Crippen molar-refractivity contribution in [3.63, 3.8) is 0 Å². The Kier molecular flexibility index (Phi) is 5.28. The fraction of sp³-hybridized carbons (Fsp3) is 0.846. The predicted molar refractivity (Wildman–Crippen MR) is 72.2 cm³/mol. The third kappa shape index (κ3) is 4.07. The second-order valence-corrected chi connectivity index (χ2v) is 5.67. The Hall–Kier alpha value is -0.940. The molecule has 0 aliphatic heterocycles. The summed E-state index contributed by atoms with van der Waals surface area (Å²) < 4.78 is 5.25. The molecule has 0 saturated carbocycles. The van der Waals surface area contributed by atoms with Crippen LogP contribution in [-0.4, -0.2) is 34.7 Å². The van der Waals surface area contributed by atoms with Crippen LogP contribution in [0.15, 0.2) is 4.52 Å². The average Bonchev–Trinajstić information content (AvgIpc) is 2.77.